The Kier molecular flexibility index (Phi) is 9.51. The summed E-state index contributed by atoms with van der Waals surface area (Å²) in [5.41, 5.74) is 2.99. The predicted molar refractivity (Wildman–Crippen MR) is 61.0 cm³/mol. The highest BCUT2D eigenvalue weighted by atomic mass is 19.3. The molecule has 0 heterocycles. The summed E-state index contributed by atoms with van der Waals surface area (Å²) >= 11 is 0. The first-order valence-corrected chi connectivity index (χ1v) is 6.00. The number of hydrogen-bond donors (Lipinski definition) is 0. The van der Waals surface area contributed by atoms with Crippen LogP contribution in [0.3, 0.4) is 0 Å². The minimum atomic E-state index is -1.67. The maximum Gasteiger partial charge on any atom is 0.313 e. The molecular weight excluding hydrogens is 194 g/mol. The van der Waals surface area contributed by atoms with Crippen LogP contribution in [0.25, 0.3) is 0 Å². The fourth-order valence-electron chi connectivity index (χ4n) is 1.54. The van der Waals surface area contributed by atoms with E-state index in [4.69, 9.17) is 0 Å². The van der Waals surface area contributed by atoms with Gasteiger partial charge in [-0.05, 0) is 31.3 Å². The number of hydrogen-bond acceptors (Lipinski definition) is 0. The lowest BCUT2D eigenvalue weighted by molar-refractivity contribution is 0.422. The number of rotatable bonds is 8. The fraction of sp³-hybridized carbons (Fsp3) is 0.769. The molecule has 0 amide bonds. The summed E-state index contributed by atoms with van der Waals surface area (Å²) in [7, 11) is 0. The molecule has 0 bridgehead atoms. The van der Waals surface area contributed by atoms with E-state index in [0.29, 0.717) is 0 Å². The molecule has 0 saturated heterocycles. The molecule has 0 aromatic carbocycles. The molecule has 0 aliphatic carbocycles. The Bertz CT molecular complexity index is 209. The van der Waals surface area contributed by atoms with E-state index in [1.54, 1.807) is 0 Å². The lowest BCUT2D eigenvalue weighted by atomic mass is 10.0. The third-order valence-electron chi connectivity index (χ3n) is 2.44. The molecule has 0 N–H and O–H groups in total. The molecule has 0 spiro atoms. The van der Waals surface area contributed by atoms with Gasteiger partial charge in [0.15, 0.2) is 0 Å². The number of halogens is 2. The van der Waals surface area contributed by atoms with Gasteiger partial charge >= 0.3 is 6.08 Å². The third kappa shape index (κ3) is 9.68. The lowest BCUT2D eigenvalue weighted by Gasteiger charge is -2.03. The molecule has 0 aliphatic rings. The zero-order valence-corrected chi connectivity index (χ0v) is 9.91. The number of unbranched alkanes of at least 4 members (excludes halogenated alkanes) is 4. The summed E-state index contributed by atoms with van der Waals surface area (Å²) in [6.07, 6.45) is 6.48. The third-order valence-corrected chi connectivity index (χ3v) is 2.44. The molecule has 0 fully saturated rings. The van der Waals surface area contributed by atoms with Crippen LogP contribution in [0, 0.1) is 0 Å². The standard InChI is InChI=1S/C13H22F2/c1-3-5-7-8-10-12(9-6-4-2)11-13(14)15/h3-10H2,1-2H3. The Morgan fingerprint density at radius 3 is 2.00 bits per heavy atom. The van der Waals surface area contributed by atoms with E-state index in [-0.39, 0.29) is 0 Å². The minimum absolute atomic E-state index is 0.778. The summed E-state index contributed by atoms with van der Waals surface area (Å²) in [5.74, 6) is 0. The zero-order chi connectivity index (χ0) is 11.5. The monoisotopic (exact) mass is 216 g/mol. The molecular formula is C13H22F2. The van der Waals surface area contributed by atoms with Crippen molar-refractivity contribution in [3.05, 3.63) is 17.4 Å². The normalized spacial score (nSPS) is 9.87. The summed E-state index contributed by atoms with van der Waals surface area (Å²) in [6.45, 7) is 4.22. The summed E-state index contributed by atoms with van der Waals surface area (Å²) in [5, 5.41) is 0. The van der Waals surface area contributed by atoms with E-state index in [9.17, 15) is 8.78 Å². The van der Waals surface area contributed by atoms with E-state index >= 15 is 0 Å². The molecule has 0 atom stereocenters. The highest BCUT2D eigenvalue weighted by Crippen LogP contribution is 2.16. The van der Waals surface area contributed by atoms with E-state index < -0.39 is 6.08 Å². The molecule has 0 saturated carbocycles. The van der Waals surface area contributed by atoms with Crippen molar-refractivity contribution in [3.63, 3.8) is 0 Å². The van der Waals surface area contributed by atoms with Crippen molar-refractivity contribution in [2.75, 3.05) is 0 Å². The van der Waals surface area contributed by atoms with Crippen molar-refractivity contribution >= 4 is 0 Å². The molecule has 0 nitrogen and oxygen atoms in total. The van der Waals surface area contributed by atoms with Gasteiger partial charge in [0.2, 0.25) is 0 Å². The van der Waals surface area contributed by atoms with Gasteiger partial charge in [-0.2, -0.15) is 8.78 Å². The first kappa shape index (κ1) is 14.4. The van der Waals surface area contributed by atoms with Crippen molar-refractivity contribution in [1.29, 1.82) is 0 Å². The molecule has 15 heavy (non-hydrogen) atoms. The van der Waals surface area contributed by atoms with Gasteiger partial charge in [-0.3, -0.25) is 0 Å². The summed E-state index contributed by atoms with van der Waals surface area (Å²) in [4.78, 5) is 0. The van der Waals surface area contributed by atoms with Crippen molar-refractivity contribution in [1.82, 2.24) is 0 Å². The topological polar surface area (TPSA) is 0 Å². The van der Waals surface area contributed by atoms with Gasteiger partial charge in [-0.15, -0.1) is 0 Å². The van der Waals surface area contributed by atoms with Crippen LogP contribution in [-0.4, -0.2) is 0 Å². The van der Waals surface area contributed by atoms with Crippen LogP contribution in [0.5, 0.6) is 0 Å². The van der Waals surface area contributed by atoms with Gasteiger partial charge in [0, 0.05) is 0 Å². The quantitative estimate of drug-likeness (QED) is 0.373. The second-order valence-corrected chi connectivity index (χ2v) is 3.90. The maximum absolute atomic E-state index is 12.1. The summed E-state index contributed by atoms with van der Waals surface area (Å²) in [6, 6.07) is 0. The first-order chi connectivity index (χ1) is 7.20. The smallest absolute Gasteiger partial charge is 0.164 e. The zero-order valence-electron chi connectivity index (χ0n) is 9.91. The van der Waals surface area contributed by atoms with E-state index in [1.807, 2.05) is 0 Å². The van der Waals surface area contributed by atoms with Gasteiger partial charge in [0.25, 0.3) is 0 Å². The Labute approximate surface area is 92.1 Å². The molecule has 0 aromatic rings. The van der Waals surface area contributed by atoms with Gasteiger partial charge < -0.3 is 0 Å². The average molecular weight is 216 g/mol. The fourth-order valence-corrected chi connectivity index (χ4v) is 1.54. The second-order valence-electron chi connectivity index (χ2n) is 3.90. The number of allylic oxidation sites excluding steroid dienone is 1. The Morgan fingerprint density at radius 2 is 1.47 bits per heavy atom. The highest BCUT2D eigenvalue weighted by molar-refractivity contribution is 5.02. The largest absolute Gasteiger partial charge is 0.313 e. The Hall–Kier alpha value is -0.620. The SMILES string of the molecule is CCCCCCC(=C=C(F)F)CCCC. The van der Waals surface area contributed by atoms with Gasteiger partial charge in [-0.25, -0.2) is 0 Å². The second kappa shape index (κ2) is 9.92. The minimum Gasteiger partial charge on any atom is -0.164 e. The van der Waals surface area contributed by atoms with Crippen LogP contribution in [0.2, 0.25) is 0 Å². The van der Waals surface area contributed by atoms with Gasteiger partial charge in [0.05, 0.1) is 0 Å². The van der Waals surface area contributed by atoms with Crippen LogP contribution < -0.4 is 0 Å². The van der Waals surface area contributed by atoms with Crippen molar-refractivity contribution in [3.8, 4) is 0 Å². The van der Waals surface area contributed by atoms with Crippen LogP contribution in [0.15, 0.2) is 17.4 Å². The average Bonchev–Trinajstić information content (AvgIpc) is 2.19. The van der Waals surface area contributed by atoms with Crippen LogP contribution >= 0.6 is 0 Å². The van der Waals surface area contributed by atoms with Crippen molar-refractivity contribution < 1.29 is 8.78 Å². The Balaban J connectivity index is 3.98. The van der Waals surface area contributed by atoms with Gasteiger partial charge in [0.1, 0.15) is 0 Å². The molecule has 2 heteroatoms. The first-order valence-electron chi connectivity index (χ1n) is 6.00. The maximum atomic E-state index is 12.1. The molecule has 0 unspecified atom stereocenters. The highest BCUT2D eigenvalue weighted by Gasteiger charge is 1.98. The Morgan fingerprint density at radius 1 is 0.867 bits per heavy atom. The lowest BCUT2D eigenvalue weighted by Crippen LogP contribution is -1.85. The molecule has 0 aromatic heterocycles. The molecule has 88 valence electrons. The van der Waals surface area contributed by atoms with E-state index in [0.717, 1.165) is 44.1 Å². The van der Waals surface area contributed by atoms with Gasteiger partial charge in [-0.1, -0.05) is 45.3 Å². The van der Waals surface area contributed by atoms with E-state index in [2.05, 4.69) is 19.6 Å². The molecule has 0 aliphatic heterocycles. The molecule has 0 rings (SSSR count). The predicted octanol–water partition coefficient (Wildman–Crippen LogP) is 5.45. The van der Waals surface area contributed by atoms with Crippen LogP contribution in [0.4, 0.5) is 8.78 Å². The van der Waals surface area contributed by atoms with Crippen molar-refractivity contribution in [2.45, 2.75) is 65.2 Å². The van der Waals surface area contributed by atoms with E-state index in [1.165, 1.54) is 12.8 Å². The van der Waals surface area contributed by atoms with Crippen molar-refractivity contribution in [2.24, 2.45) is 0 Å². The summed E-state index contributed by atoms with van der Waals surface area (Å²) < 4.78 is 24.1. The van der Waals surface area contributed by atoms with Crippen LogP contribution in [0.1, 0.15) is 65.2 Å². The molecule has 0 radical (unpaired) electrons. The van der Waals surface area contributed by atoms with Crippen LogP contribution in [-0.2, 0) is 0 Å².